The molecule has 20 heavy (non-hydrogen) atoms. The summed E-state index contributed by atoms with van der Waals surface area (Å²) in [4.78, 5) is 11.6. The molecule has 2 rings (SSSR count). The van der Waals surface area contributed by atoms with E-state index in [-0.39, 0.29) is 5.56 Å². The molecule has 1 amide bonds. The van der Waals surface area contributed by atoms with E-state index in [1.54, 1.807) is 6.07 Å². The lowest BCUT2D eigenvalue weighted by atomic mass is 10.0. The minimum Gasteiger partial charge on any atom is -0.370 e. The average Bonchev–Trinajstić information content (AvgIpc) is 2.40. The van der Waals surface area contributed by atoms with Crippen LogP contribution in [0.1, 0.15) is 17.2 Å². The second-order valence-corrected chi connectivity index (χ2v) is 4.90. The van der Waals surface area contributed by atoms with E-state index in [0.29, 0.717) is 5.02 Å². The smallest absolute Gasteiger partial charge is 0.244 e. The Morgan fingerprint density at radius 1 is 1.30 bits per heavy atom. The molecule has 0 fully saturated rings. The highest BCUT2D eigenvalue weighted by Crippen LogP contribution is 2.26. The number of hydrogen-bond donors (Lipinski definition) is 2. The van der Waals surface area contributed by atoms with Gasteiger partial charge in [0.15, 0.2) is 0 Å². The first-order valence-electron chi connectivity index (χ1n) is 6.05. The van der Waals surface area contributed by atoms with Gasteiger partial charge in [-0.05, 0) is 36.8 Å². The zero-order valence-electron chi connectivity index (χ0n) is 10.9. The Bertz CT molecular complexity index is 646. The van der Waals surface area contributed by atoms with Crippen LogP contribution < -0.4 is 11.1 Å². The number of amides is 1. The molecule has 0 aliphatic heterocycles. The number of anilines is 1. The summed E-state index contributed by atoms with van der Waals surface area (Å²) in [5.74, 6) is -1.20. The minimum atomic E-state index is -0.977. The van der Waals surface area contributed by atoms with Gasteiger partial charge in [0, 0.05) is 16.3 Å². The topological polar surface area (TPSA) is 55.1 Å². The lowest BCUT2D eigenvalue weighted by molar-refractivity contribution is -0.118. The van der Waals surface area contributed by atoms with Gasteiger partial charge in [-0.25, -0.2) is 4.39 Å². The van der Waals surface area contributed by atoms with Crippen molar-refractivity contribution in [1.29, 1.82) is 0 Å². The van der Waals surface area contributed by atoms with Crippen LogP contribution in [-0.4, -0.2) is 5.91 Å². The fourth-order valence-electron chi connectivity index (χ4n) is 1.93. The highest BCUT2D eigenvalue weighted by Gasteiger charge is 2.22. The number of hydrogen-bond acceptors (Lipinski definition) is 2. The molecular weight excluding hydrogens is 279 g/mol. The van der Waals surface area contributed by atoms with Crippen molar-refractivity contribution in [1.82, 2.24) is 0 Å². The summed E-state index contributed by atoms with van der Waals surface area (Å²) in [7, 11) is 0. The molecule has 3 N–H and O–H groups in total. The Morgan fingerprint density at radius 3 is 2.65 bits per heavy atom. The molecule has 5 heteroatoms. The first-order chi connectivity index (χ1) is 9.49. The highest BCUT2D eigenvalue weighted by molar-refractivity contribution is 6.30. The molecule has 0 radical (unpaired) electrons. The Kier molecular flexibility index (Phi) is 4.25. The molecule has 1 unspecified atom stereocenters. The van der Waals surface area contributed by atoms with Crippen molar-refractivity contribution < 1.29 is 9.18 Å². The van der Waals surface area contributed by atoms with Crippen LogP contribution in [-0.2, 0) is 4.79 Å². The third-order valence-corrected chi connectivity index (χ3v) is 3.23. The Hall–Kier alpha value is -2.07. The summed E-state index contributed by atoms with van der Waals surface area (Å²) in [6.45, 7) is 1.88. The molecular formula is C15H14ClFN2O. The molecule has 2 aromatic carbocycles. The van der Waals surface area contributed by atoms with Gasteiger partial charge in [-0.3, -0.25) is 4.79 Å². The van der Waals surface area contributed by atoms with E-state index in [9.17, 15) is 9.18 Å². The molecule has 0 aliphatic rings. The second-order valence-electron chi connectivity index (χ2n) is 4.46. The summed E-state index contributed by atoms with van der Waals surface area (Å²) in [5.41, 5.74) is 7.16. The molecule has 0 aliphatic carbocycles. The van der Waals surface area contributed by atoms with Crippen LogP contribution in [0.5, 0.6) is 0 Å². The van der Waals surface area contributed by atoms with Crippen molar-refractivity contribution in [2.45, 2.75) is 13.0 Å². The number of carbonyl (C=O) groups is 1. The summed E-state index contributed by atoms with van der Waals surface area (Å²) in [6.07, 6.45) is 0. The predicted octanol–water partition coefficient (Wildman–Crippen LogP) is 3.43. The van der Waals surface area contributed by atoms with Gasteiger partial charge >= 0.3 is 0 Å². The zero-order valence-corrected chi connectivity index (χ0v) is 11.6. The third-order valence-electron chi connectivity index (χ3n) is 3.00. The standard InChI is InChI=1S/C15H14ClFN2O/c1-9-4-2-3-5-13(9)19-14(15(18)20)11-8-10(16)6-7-12(11)17/h2-8,14,19H,1H3,(H2,18,20). The lowest BCUT2D eigenvalue weighted by Crippen LogP contribution is -2.28. The van der Waals surface area contributed by atoms with Gasteiger partial charge in [-0.2, -0.15) is 0 Å². The van der Waals surface area contributed by atoms with Crippen LogP contribution in [0.3, 0.4) is 0 Å². The van der Waals surface area contributed by atoms with Gasteiger partial charge < -0.3 is 11.1 Å². The van der Waals surface area contributed by atoms with E-state index in [0.717, 1.165) is 11.3 Å². The number of primary amides is 1. The monoisotopic (exact) mass is 292 g/mol. The quantitative estimate of drug-likeness (QED) is 0.907. The van der Waals surface area contributed by atoms with Gasteiger partial charge in [-0.1, -0.05) is 29.8 Å². The van der Waals surface area contributed by atoms with Gasteiger partial charge in [0.1, 0.15) is 11.9 Å². The molecule has 0 aromatic heterocycles. The molecule has 104 valence electrons. The summed E-state index contributed by atoms with van der Waals surface area (Å²) >= 11 is 5.85. The number of aryl methyl sites for hydroxylation is 1. The van der Waals surface area contributed by atoms with Crippen molar-refractivity contribution in [2.24, 2.45) is 5.73 Å². The Balaban J connectivity index is 2.40. The summed E-state index contributed by atoms with van der Waals surface area (Å²) < 4.78 is 13.9. The van der Waals surface area contributed by atoms with E-state index >= 15 is 0 Å². The summed E-state index contributed by atoms with van der Waals surface area (Å²) in [6, 6.07) is 10.4. The molecule has 0 saturated carbocycles. The number of nitrogens with one attached hydrogen (secondary N) is 1. The highest BCUT2D eigenvalue weighted by atomic mass is 35.5. The van der Waals surface area contributed by atoms with Crippen LogP contribution in [0.2, 0.25) is 5.02 Å². The predicted molar refractivity (Wildman–Crippen MR) is 78.1 cm³/mol. The third kappa shape index (κ3) is 3.08. The van der Waals surface area contributed by atoms with Crippen molar-refractivity contribution in [2.75, 3.05) is 5.32 Å². The lowest BCUT2D eigenvalue weighted by Gasteiger charge is -2.19. The molecule has 0 heterocycles. The van der Waals surface area contributed by atoms with Gasteiger partial charge in [0.2, 0.25) is 5.91 Å². The van der Waals surface area contributed by atoms with E-state index in [1.165, 1.54) is 18.2 Å². The maximum Gasteiger partial charge on any atom is 0.244 e. The fourth-order valence-corrected chi connectivity index (χ4v) is 2.11. The number of para-hydroxylation sites is 1. The van der Waals surface area contributed by atoms with Crippen molar-refractivity contribution in [3.63, 3.8) is 0 Å². The van der Waals surface area contributed by atoms with Gasteiger partial charge in [-0.15, -0.1) is 0 Å². The molecule has 1 atom stereocenters. The number of benzene rings is 2. The molecule has 0 bridgehead atoms. The minimum absolute atomic E-state index is 0.133. The number of nitrogens with two attached hydrogens (primary N) is 1. The number of rotatable bonds is 4. The SMILES string of the molecule is Cc1ccccc1NC(C(N)=O)c1cc(Cl)ccc1F. The normalized spacial score (nSPS) is 11.9. The largest absolute Gasteiger partial charge is 0.370 e. The second kappa shape index (κ2) is 5.92. The van der Waals surface area contributed by atoms with Crippen LogP contribution in [0.25, 0.3) is 0 Å². The maximum absolute atomic E-state index is 13.9. The van der Waals surface area contributed by atoms with Crippen molar-refractivity contribution in [3.05, 3.63) is 64.4 Å². The maximum atomic E-state index is 13.9. The first kappa shape index (κ1) is 14.3. The number of halogens is 2. The Labute approximate surface area is 121 Å². The molecule has 0 saturated heterocycles. The van der Waals surface area contributed by atoms with Crippen LogP contribution in [0.15, 0.2) is 42.5 Å². The van der Waals surface area contributed by atoms with E-state index in [2.05, 4.69) is 5.32 Å². The molecule has 3 nitrogen and oxygen atoms in total. The van der Waals surface area contributed by atoms with Gasteiger partial charge in [0.25, 0.3) is 0 Å². The van der Waals surface area contributed by atoms with E-state index < -0.39 is 17.8 Å². The zero-order chi connectivity index (χ0) is 14.7. The fraction of sp³-hybridized carbons (Fsp3) is 0.133. The first-order valence-corrected chi connectivity index (χ1v) is 6.43. The van der Waals surface area contributed by atoms with Crippen molar-refractivity contribution >= 4 is 23.2 Å². The molecule has 0 spiro atoms. The summed E-state index contributed by atoms with van der Waals surface area (Å²) in [5, 5.41) is 3.30. The van der Waals surface area contributed by atoms with Crippen LogP contribution >= 0.6 is 11.6 Å². The van der Waals surface area contributed by atoms with Crippen molar-refractivity contribution in [3.8, 4) is 0 Å². The number of carbonyl (C=O) groups excluding carboxylic acids is 1. The van der Waals surface area contributed by atoms with Crippen LogP contribution in [0, 0.1) is 12.7 Å². The van der Waals surface area contributed by atoms with Gasteiger partial charge in [0.05, 0.1) is 0 Å². The Morgan fingerprint density at radius 2 is 2.00 bits per heavy atom. The average molecular weight is 293 g/mol. The van der Waals surface area contributed by atoms with E-state index in [1.807, 2.05) is 25.1 Å². The van der Waals surface area contributed by atoms with E-state index in [4.69, 9.17) is 17.3 Å². The van der Waals surface area contributed by atoms with Crippen LogP contribution in [0.4, 0.5) is 10.1 Å². The molecule has 2 aromatic rings.